The lowest BCUT2D eigenvalue weighted by atomic mass is 10.1. The zero-order chi connectivity index (χ0) is 14.5. The van der Waals surface area contributed by atoms with Crippen LogP contribution in [-0.2, 0) is 4.79 Å². The van der Waals surface area contributed by atoms with E-state index in [4.69, 9.17) is 0 Å². The van der Waals surface area contributed by atoms with Crippen molar-refractivity contribution in [3.63, 3.8) is 0 Å². The Labute approximate surface area is 128 Å². The molecule has 21 heavy (non-hydrogen) atoms. The van der Waals surface area contributed by atoms with Gasteiger partial charge < -0.3 is 10.2 Å². The minimum absolute atomic E-state index is 0.0114. The van der Waals surface area contributed by atoms with E-state index < -0.39 is 0 Å². The standard InChI is InChI=1S/C15H18N4OS/c20-14-11-21-15(17-14)18-16-10-12-6-2-3-7-13(12)19-8-4-1-5-9-19/h2-3,6-7,10H,1,4-5,8-9,11H2,(H,17,18,20). The van der Waals surface area contributed by atoms with Gasteiger partial charge in [-0.05, 0) is 25.3 Å². The molecule has 2 aliphatic rings. The first-order chi connectivity index (χ1) is 10.3. The molecule has 0 radical (unpaired) electrons. The molecule has 2 heterocycles. The SMILES string of the molecule is O=C1CSC(=NN=Cc2ccccc2N2CCCCC2)N1. The van der Waals surface area contributed by atoms with Crippen LogP contribution in [0.1, 0.15) is 24.8 Å². The molecule has 0 spiro atoms. The van der Waals surface area contributed by atoms with Crippen LogP contribution in [0, 0.1) is 0 Å². The number of thioether (sulfide) groups is 1. The molecule has 0 bridgehead atoms. The van der Waals surface area contributed by atoms with Crippen LogP contribution in [0.2, 0.25) is 0 Å². The molecule has 110 valence electrons. The maximum absolute atomic E-state index is 11.1. The van der Waals surface area contributed by atoms with E-state index in [1.165, 1.54) is 36.7 Å². The highest BCUT2D eigenvalue weighted by molar-refractivity contribution is 8.15. The quantitative estimate of drug-likeness (QED) is 0.688. The molecule has 1 aromatic carbocycles. The second-order valence-electron chi connectivity index (χ2n) is 5.09. The number of rotatable bonds is 3. The number of nitrogens with zero attached hydrogens (tertiary/aromatic N) is 3. The third-order valence-electron chi connectivity index (χ3n) is 3.57. The summed E-state index contributed by atoms with van der Waals surface area (Å²) < 4.78 is 0. The number of amides is 1. The highest BCUT2D eigenvalue weighted by Crippen LogP contribution is 2.23. The monoisotopic (exact) mass is 302 g/mol. The Kier molecular flexibility index (Phi) is 4.55. The van der Waals surface area contributed by atoms with Crippen molar-refractivity contribution in [1.82, 2.24) is 5.32 Å². The summed E-state index contributed by atoms with van der Waals surface area (Å²) in [6.07, 6.45) is 5.58. The fourth-order valence-electron chi connectivity index (χ4n) is 2.54. The minimum atomic E-state index is -0.0114. The fraction of sp³-hybridized carbons (Fsp3) is 0.400. The smallest absolute Gasteiger partial charge is 0.236 e. The van der Waals surface area contributed by atoms with Crippen molar-refractivity contribution in [2.45, 2.75) is 19.3 Å². The van der Waals surface area contributed by atoms with Gasteiger partial charge in [0.15, 0.2) is 5.17 Å². The van der Waals surface area contributed by atoms with Crippen LogP contribution in [0.15, 0.2) is 34.5 Å². The van der Waals surface area contributed by atoms with Crippen LogP contribution in [0.4, 0.5) is 5.69 Å². The highest BCUT2D eigenvalue weighted by Gasteiger charge is 2.16. The van der Waals surface area contributed by atoms with Gasteiger partial charge in [-0.3, -0.25) is 4.79 Å². The summed E-state index contributed by atoms with van der Waals surface area (Å²) >= 11 is 1.38. The lowest BCUT2D eigenvalue weighted by molar-refractivity contribution is -0.116. The van der Waals surface area contributed by atoms with E-state index in [-0.39, 0.29) is 5.91 Å². The lowest BCUT2D eigenvalue weighted by Gasteiger charge is -2.29. The maximum Gasteiger partial charge on any atom is 0.236 e. The van der Waals surface area contributed by atoms with E-state index >= 15 is 0 Å². The molecular weight excluding hydrogens is 284 g/mol. The summed E-state index contributed by atoms with van der Waals surface area (Å²) in [4.78, 5) is 13.5. The molecule has 0 atom stereocenters. The van der Waals surface area contributed by atoms with Gasteiger partial charge in [-0.2, -0.15) is 5.10 Å². The second-order valence-corrected chi connectivity index (χ2v) is 6.06. The summed E-state index contributed by atoms with van der Waals surface area (Å²) in [6.45, 7) is 2.20. The largest absolute Gasteiger partial charge is 0.371 e. The number of amidine groups is 1. The van der Waals surface area contributed by atoms with Crippen molar-refractivity contribution in [2.24, 2.45) is 10.2 Å². The van der Waals surface area contributed by atoms with E-state index in [9.17, 15) is 4.79 Å². The molecule has 0 aromatic heterocycles. The Morgan fingerprint density at radius 1 is 1.19 bits per heavy atom. The molecule has 2 saturated heterocycles. The Balaban J connectivity index is 1.74. The van der Waals surface area contributed by atoms with E-state index in [1.807, 2.05) is 12.1 Å². The van der Waals surface area contributed by atoms with Gasteiger partial charge in [0.2, 0.25) is 5.91 Å². The van der Waals surface area contributed by atoms with Crippen LogP contribution in [0.3, 0.4) is 0 Å². The van der Waals surface area contributed by atoms with Gasteiger partial charge >= 0.3 is 0 Å². The molecule has 0 aliphatic carbocycles. The summed E-state index contributed by atoms with van der Waals surface area (Å²) in [5.74, 6) is 0.418. The van der Waals surface area contributed by atoms with Gasteiger partial charge in [0, 0.05) is 24.3 Å². The molecule has 1 aromatic rings. The number of nitrogens with one attached hydrogen (secondary N) is 1. The first-order valence-electron chi connectivity index (χ1n) is 7.20. The first-order valence-corrected chi connectivity index (χ1v) is 8.19. The summed E-state index contributed by atoms with van der Waals surface area (Å²) in [5, 5.41) is 11.4. The van der Waals surface area contributed by atoms with Gasteiger partial charge in [-0.1, -0.05) is 30.0 Å². The first kappa shape index (κ1) is 14.1. The number of para-hydroxylation sites is 1. The van der Waals surface area contributed by atoms with E-state index in [0.717, 1.165) is 18.7 Å². The van der Waals surface area contributed by atoms with Gasteiger partial charge in [0.25, 0.3) is 0 Å². The summed E-state index contributed by atoms with van der Waals surface area (Å²) in [7, 11) is 0. The number of carbonyl (C=O) groups is 1. The molecule has 2 fully saturated rings. The third kappa shape index (κ3) is 3.64. The van der Waals surface area contributed by atoms with Crippen molar-refractivity contribution in [3.05, 3.63) is 29.8 Å². The van der Waals surface area contributed by atoms with Crippen molar-refractivity contribution >= 4 is 34.7 Å². The van der Waals surface area contributed by atoms with Gasteiger partial charge in [0.1, 0.15) is 0 Å². The molecular formula is C15H18N4OS. The van der Waals surface area contributed by atoms with Crippen LogP contribution >= 0.6 is 11.8 Å². The minimum Gasteiger partial charge on any atom is -0.371 e. The van der Waals surface area contributed by atoms with Crippen LogP contribution < -0.4 is 10.2 Å². The number of hydrogen-bond donors (Lipinski definition) is 1. The Morgan fingerprint density at radius 3 is 2.76 bits per heavy atom. The van der Waals surface area contributed by atoms with Crippen molar-refractivity contribution in [2.75, 3.05) is 23.7 Å². The molecule has 5 nitrogen and oxygen atoms in total. The number of hydrogen-bond acceptors (Lipinski definition) is 5. The molecule has 1 amide bonds. The van der Waals surface area contributed by atoms with Crippen molar-refractivity contribution in [1.29, 1.82) is 0 Å². The highest BCUT2D eigenvalue weighted by atomic mass is 32.2. The number of piperidine rings is 1. The molecule has 2 aliphatic heterocycles. The Hall–Kier alpha value is -1.82. The van der Waals surface area contributed by atoms with Gasteiger partial charge in [-0.15, -0.1) is 5.10 Å². The average Bonchev–Trinajstić information content (AvgIpc) is 2.94. The predicted molar refractivity (Wildman–Crippen MR) is 88.1 cm³/mol. The van der Waals surface area contributed by atoms with Gasteiger partial charge in [0.05, 0.1) is 12.0 Å². The average molecular weight is 302 g/mol. The summed E-state index contributed by atoms with van der Waals surface area (Å²) in [5.41, 5.74) is 2.28. The molecule has 0 saturated carbocycles. The number of carbonyl (C=O) groups excluding carboxylic acids is 1. The van der Waals surface area contributed by atoms with Crippen LogP contribution in [0.25, 0.3) is 0 Å². The zero-order valence-corrected chi connectivity index (χ0v) is 12.6. The molecule has 1 N–H and O–H groups in total. The Bertz CT molecular complexity index is 579. The van der Waals surface area contributed by atoms with E-state index in [2.05, 4.69) is 32.6 Å². The van der Waals surface area contributed by atoms with Crippen LogP contribution in [-0.4, -0.2) is 36.1 Å². The van der Waals surface area contributed by atoms with Crippen molar-refractivity contribution in [3.8, 4) is 0 Å². The third-order valence-corrected chi connectivity index (χ3v) is 4.43. The molecule has 3 rings (SSSR count). The fourth-order valence-corrected chi connectivity index (χ4v) is 3.17. The van der Waals surface area contributed by atoms with E-state index in [0.29, 0.717) is 10.9 Å². The maximum atomic E-state index is 11.1. The number of anilines is 1. The Morgan fingerprint density at radius 2 is 2.00 bits per heavy atom. The normalized spacial score (nSPS) is 21.2. The van der Waals surface area contributed by atoms with Crippen LogP contribution in [0.5, 0.6) is 0 Å². The topological polar surface area (TPSA) is 57.1 Å². The molecule has 6 heteroatoms. The zero-order valence-electron chi connectivity index (χ0n) is 11.8. The number of benzene rings is 1. The molecule has 0 unspecified atom stereocenters. The second kappa shape index (κ2) is 6.76. The summed E-state index contributed by atoms with van der Waals surface area (Å²) in [6, 6.07) is 8.24. The lowest BCUT2D eigenvalue weighted by Crippen LogP contribution is -2.30. The predicted octanol–water partition coefficient (Wildman–Crippen LogP) is 2.23. The van der Waals surface area contributed by atoms with E-state index in [1.54, 1.807) is 6.21 Å². The van der Waals surface area contributed by atoms with Gasteiger partial charge in [-0.25, -0.2) is 0 Å². The van der Waals surface area contributed by atoms with Crippen molar-refractivity contribution < 1.29 is 4.79 Å².